The van der Waals surface area contributed by atoms with Gasteiger partial charge in [0, 0.05) is 18.7 Å². The minimum Gasteiger partial charge on any atom is -0.312 e. The lowest BCUT2D eigenvalue weighted by Gasteiger charge is -2.15. The summed E-state index contributed by atoms with van der Waals surface area (Å²) in [6.45, 7) is 9.57. The molecule has 2 heteroatoms. The number of aryl methyl sites for hydroxylation is 1. The highest BCUT2D eigenvalue weighted by atomic mass is 16.2. The molecule has 0 aromatic heterocycles. The topological polar surface area (TPSA) is 20.3 Å². The molecule has 18 heavy (non-hydrogen) atoms. The van der Waals surface area contributed by atoms with E-state index < -0.39 is 0 Å². The van der Waals surface area contributed by atoms with Gasteiger partial charge in [-0.3, -0.25) is 4.79 Å². The van der Waals surface area contributed by atoms with Gasteiger partial charge in [-0.05, 0) is 37.0 Å². The van der Waals surface area contributed by atoms with Crippen LogP contribution in [0.5, 0.6) is 0 Å². The van der Waals surface area contributed by atoms with Crippen LogP contribution in [0.15, 0.2) is 24.3 Å². The molecule has 0 saturated carbocycles. The summed E-state index contributed by atoms with van der Waals surface area (Å²) < 4.78 is 0. The fourth-order valence-corrected chi connectivity index (χ4v) is 1.72. The van der Waals surface area contributed by atoms with Gasteiger partial charge in [-0.25, -0.2) is 0 Å². The second-order valence-electron chi connectivity index (χ2n) is 5.29. The van der Waals surface area contributed by atoms with E-state index in [1.807, 2.05) is 30.0 Å². The van der Waals surface area contributed by atoms with E-state index in [0.29, 0.717) is 6.42 Å². The van der Waals surface area contributed by atoms with Crippen LogP contribution in [-0.4, -0.2) is 12.5 Å². The van der Waals surface area contributed by atoms with Gasteiger partial charge in [0.1, 0.15) is 0 Å². The number of anilines is 1. The molecule has 0 aliphatic carbocycles. The van der Waals surface area contributed by atoms with Gasteiger partial charge >= 0.3 is 0 Å². The van der Waals surface area contributed by atoms with Crippen molar-refractivity contribution in [1.82, 2.24) is 0 Å². The summed E-state index contributed by atoms with van der Waals surface area (Å²) in [7, 11) is 0. The Bertz CT molecular complexity index is 384. The van der Waals surface area contributed by atoms with Crippen LogP contribution in [-0.2, 0) is 4.79 Å². The Balaban J connectivity index is 0.000000280. The Morgan fingerprint density at radius 1 is 1.33 bits per heavy atom. The monoisotopic (exact) mass is 247 g/mol. The lowest BCUT2D eigenvalue weighted by atomic mass is 10.2. The number of carbonyl (C=O) groups excluding carboxylic acids is 1. The zero-order chi connectivity index (χ0) is 13.5. The minimum absolute atomic E-state index is 0.255. The first kappa shape index (κ1) is 14.7. The molecule has 2 nitrogen and oxygen atoms in total. The molecule has 2 rings (SSSR count). The normalized spacial score (nSPS) is 14.7. The summed E-state index contributed by atoms with van der Waals surface area (Å²) in [4.78, 5) is 13.3. The number of benzene rings is 1. The van der Waals surface area contributed by atoms with Gasteiger partial charge in [-0.15, -0.1) is 0 Å². The van der Waals surface area contributed by atoms with Gasteiger partial charge in [0.15, 0.2) is 0 Å². The van der Waals surface area contributed by atoms with E-state index in [1.165, 1.54) is 12.0 Å². The van der Waals surface area contributed by atoms with Gasteiger partial charge in [-0.1, -0.05) is 39.3 Å². The summed E-state index contributed by atoms with van der Waals surface area (Å²) in [5, 5.41) is 0. The van der Waals surface area contributed by atoms with E-state index >= 15 is 0 Å². The van der Waals surface area contributed by atoms with Crippen LogP contribution in [0.25, 0.3) is 0 Å². The van der Waals surface area contributed by atoms with E-state index in [9.17, 15) is 4.79 Å². The summed E-state index contributed by atoms with van der Waals surface area (Å²) in [5.41, 5.74) is 2.25. The van der Waals surface area contributed by atoms with Crippen molar-refractivity contribution in [3.05, 3.63) is 29.8 Å². The fraction of sp³-hybridized carbons (Fsp3) is 0.562. The van der Waals surface area contributed by atoms with Crippen molar-refractivity contribution in [3.63, 3.8) is 0 Å². The van der Waals surface area contributed by atoms with Crippen molar-refractivity contribution in [1.29, 1.82) is 0 Å². The van der Waals surface area contributed by atoms with Gasteiger partial charge < -0.3 is 4.90 Å². The van der Waals surface area contributed by atoms with E-state index in [1.54, 1.807) is 0 Å². The number of hydrogen-bond acceptors (Lipinski definition) is 1. The Morgan fingerprint density at radius 3 is 2.44 bits per heavy atom. The van der Waals surface area contributed by atoms with Gasteiger partial charge in [0.2, 0.25) is 5.91 Å². The summed E-state index contributed by atoms with van der Waals surface area (Å²) in [6, 6.07) is 8.10. The summed E-state index contributed by atoms with van der Waals surface area (Å²) >= 11 is 0. The number of hydrogen-bond donors (Lipinski definition) is 0. The average Bonchev–Trinajstić information content (AvgIpc) is 2.76. The smallest absolute Gasteiger partial charge is 0.227 e. The molecule has 0 radical (unpaired) electrons. The largest absolute Gasteiger partial charge is 0.312 e. The van der Waals surface area contributed by atoms with Crippen LogP contribution >= 0.6 is 0 Å². The molecule has 1 heterocycles. The van der Waals surface area contributed by atoms with Crippen LogP contribution in [0, 0.1) is 12.8 Å². The minimum atomic E-state index is 0.255. The third-order valence-electron chi connectivity index (χ3n) is 3.20. The van der Waals surface area contributed by atoms with Crippen LogP contribution < -0.4 is 4.90 Å². The van der Waals surface area contributed by atoms with Crippen molar-refractivity contribution >= 4 is 11.6 Å². The third kappa shape index (κ3) is 4.52. The van der Waals surface area contributed by atoms with Crippen molar-refractivity contribution in [2.75, 3.05) is 11.4 Å². The Morgan fingerprint density at radius 2 is 2.00 bits per heavy atom. The number of carbonyl (C=O) groups is 1. The Labute approximate surface area is 111 Å². The zero-order valence-electron chi connectivity index (χ0n) is 12.1. The third-order valence-corrected chi connectivity index (χ3v) is 3.20. The molecule has 1 fully saturated rings. The zero-order valence-corrected chi connectivity index (χ0v) is 12.1. The molecule has 1 saturated heterocycles. The first-order valence-electron chi connectivity index (χ1n) is 6.91. The molecule has 0 N–H and O–H groups in total. The molecule has 1 aromatic rings. The van der Waals surface area contributed by atoms with E-state index in [4.69, 9.17) is 0 Å². The van der Waals surface area contributed by atoms with Gasteiger partial charge in [-0.2, -0.15) is 0 Å². The van der Waals surface area contributed by atoms with E-state index in [-0.39, 0.29) is 5.91 Å². The van der Waals surface area contributed by atoms with Crippen LogP contribution in [0.3, 0.4) is 0 Å². The highest BCUT2D eigenvalue weighted by Gasteiger charge is 2.21. The molecule has 1 aliphatic heterocycles. The molecule has 0 spiro atoms. The van der Waals surface area contributed by atoms with E-state index in [0.717, 1.165) is 24.6 Å². The molecular weight excluding hydrogens is 222 g/mol. The molecule has 0 unspecified atom stereocenters. The molecule has 1 amide bonds. The highest BCUT2D eigenvalue weighted by molar-refractivity contribution is 5.95. The first-order valence-corrected chi connectivity index (χ1v) is 6.91. The average molecular weight is 247 g/mol. The molecule has 1 aromatic carbocycles. The highest BCUT2D eigenvalue weighted by Crippen LogP contribution is 2.21. The summed E-state index contributed by atoms with van der Waals surface area (Å²) in [6.07, 6.45) is 3.00. The SMILES string of the molecule is CCC(C)C.Cc1cccc(N2CCCC2=O)c1. The molecule has 1 aliphatic rings. The first-order chi connectivity index (χ1) is 8.54. The quantitative estimate of drug-likeness (QED) is 0.768. The van der Waals surface area contributed by atoms with Crippen LogP contribution in [0.2, 0.25) is 0 Å². The molecule has 100 valence electrons. The van der Waals surface area contributed by atoms with Crippen molar-refractivity contribution in [2.24, 2.45) is 5.92 Å². The Hall–Kier alpha value is -1.31. The lowest BCUT2D eigenvalue weighted by molar-refractivity contribution is -0.117. The molecular formula is C16H25NO. The predicted octanol–water partition coefficient (Wildman–Crippen LogP) is 4.17. The van der Waals surface area contributed by atoms with Crippen molar-refractivity contribution < 1.29 is 4.79 Å². The fourth-order valence-electron chi connectivity index (χ4n) is 1.72. The number of amides is 1. The van der Waals surface area contributed by atoms with Crippen molar-refractivity contribution in [3.8, 4) is 0 Å². The molecule has 0 bridgehead atoms. The Kier molecular flexibility index (Phi) is 5.90. The number of rotatable bonds is 2. The second kappa shape index (κ2) is 7.20. The maximum absolute atomic E-state index is 11.4. The van der Waals surface area contributed by atoms with E-state index in [2.05, 4.69) is 26.8 Å². The van der Waals surface area contributed by atoms with Gasteiger partial charge in [0.25, 0.3) is 0 Å². The predicted molar refractivity (Wildman–Crippen MR) is 77.9 cm³/mol. The summed E-state index contributed by atoms with van der Waals surface area (Å²) in [5.74, 6) is 1.14. The second-order valence-corrected chi connectivity index (χ2v) is 5.29. The molecule has 0 atom stereocenters. The maximum Gasteiger partial charge on any atom is 0.227 e. The van der Waals surface area contributed by atoms with Gasteiger partial charge in [0.05, 0.1) is 0 Å². The standard InChI is InChI=1S/C11H13NO.C5H12/c1-9-4-2-5-10(8-9)12-7-3-6-11(12)13;1-4-5(2)3/h2,4-5,8H,3,6-7H2,1H3;5H,4H2,1-3H3. The lowest BCUT2D eigenvalue weighted by Crippen LogP contribution is -2.23. The van der Waals surface area contributed by atoms with Crippen LogP contribution in [0.1, 0.15) is 45.6 Å². The van der Waals surface area contributed by atoms with Crippen LogP contribution in [0.4, 0.5) is 5.69 Å². The van der Waals surface area contributed by atoms with Crippen molar-refractivity contribution in [2.45, 2.75) is 47.0 Å². The number of nitrogens with zero attached hydrogens (tertiary/aromatic N) is 1. The maximum atomic E-state index is 11.4.